The monoisotopic (exact) mass is 181 g/mol. The lowest BCUT2D eigenvalue weighted by Gasteiger charge is -2.24. The summed E-state index contributed by atoms with van der Waals surface area (Å²) in [6.07, 6.45) is 0.728. The summed E-state index contributed by atoms with van der Waals surface area (Å²) in [5, 5.41) is 18.6. The van der Waals surface area contributed by atoms with Gasteiger partial charge in [-0.05, 0) is 25.5 Å². The minimum Gasteiger partial charge on any atom is -0.508 e. The van der Waals surface area contributed by atoms with Crippen molar-refractivity contribution >= 4 is 0 Å². The molecule has 0 saturated carbocycles. The highest BCUT2D eigenvalue weighted by atomic mass is 16.3. The predicted octanol–water partition coefficient (Wildman–Crippen LogP) is 1.68. The van der Waals surface area contributed by atoms with E-state index in [0.29, 0.717) is 5.56 Å². The van der Waals surface area contributed by atoms with Crippen LogP contribution >= 0.6 is 0 Å². The SMILES string of the molecule is CC[C@@](C)(N)c1ccc(O)cc1O. The number of phenols is 2. The van der Waals surface area contributed by atoms with E-state index in [1.54, 1.807) is 6.07 Å². The molecule has 0 aliphatic carbocycles. The molecule has 3 nitrogen and oxygen atoms in total. The van der Waals surface area contributed by atoms with Gasteiger partial charge in [-0.3, -0.25) is 0 Å². The lowest BCUT2D eigenvalue weighted by molar-refractivity contribution is 0.409. The molecule has 13 heavy (non-hydrogen) atoms. The summed E-state index contributed by atoms with van der Waals surface area (Å²) in [6, 6.07) is 4.47. The van der Waals surface area contributed by atoms with Gasteiger partial charge in [-0.15, -0.1) is 0 Å². The van der Waals surface area contributed by atoms with Crippen LogP contribution in [-0.2, 0) is 5.54 Å². The maximum absolute atomic E-state index is 9.52. The fourth-order valence-electron chi connectivity index (χ4n) is 1.19. The summed E-state index contributed by atoms with van der Waals surface area (Å²) < 4.78 is 0. The second-order valence-corrected chi connectivity index (χ2v) is 3.47. The number of nitrogens with two attached hydrogens (primary N) is 1. The molecule has 0 radical (unpaired) electrons. The third kappa shape index (κ3) is 1.92. The standard InChI is InChI=1S/C10H15NO2/c1-3-10(2,11)8-5-4-7(12)6-9(8)13/h4-6,12-13H,3,11H2,1-2H3/t10-/m1/s1. The quantitative estimate of drug-likeness (QED) is 0.650. The summed E-state index contributed by atoms with van der Waals surface area (Å²) in [5.74, 6) is 0.0972. The van der Waals surface area contributed by atoms with Crippen LogP contribution in [0.15, 0.2) is 18.2 Å². The van der Waals surface area contributed by atoms with Crippen LogP contribution in [-0.4, -0.2) is 10.2 Å². The second-order valence-electron chi connectivity index (χ2n) is 3.47. The third-order valence-corrected chi connectivity index (χ3v) is 2.33. The Kier molecular flexibility index (Phi) is 2.48. The van der Waals surface area contributed by atoms with Gasteiger partial charge >= 0.3 is 0 Å². The second kappa shape index (κ2) is 3.26. The van der Waals surface area contributed by atoms with E-state index in [2.05, 4.69) is 0 Å². The van der Waals surface area contributed by atoms with Gasteiger partial charge in [0.05, 0.1) is 0 Å². The number of rotatable bonds is 2. The third-order valence-electron chi connectivity index (χ3n) is 2.33. The van der Waals surface area contributed by atoms with Crippen LogP contribution in [0.4, 0.5) is 0 Å². The van der Waals surface area contributed by atoms with Crippen LogP contribution in [0.2, 0.25) is 0 Å². The Morgan fingerprint density at radius 2 is 2.00 bits per heavy atom. The molecule has 0 heterocycles. The van der Waals surface area contributed by atoms with Gasteiger partial charge in [-0.25, -0.2) is 0 Å². The summed E-state index contributed by atoms with van der Waals surface area (Å²) in [5.41, 5.74) is 6.06. The summed E-state index contributed by atoms with van der Waals surface area (Å²) >= 11 is 0. The Morgan fingerprint density at radius 3 is 2.46 bits per heavy atom. The summed E-state index contributed by atoms with van der Waals surface area (Å²) in [7, 11) is 0. The molecule has 1 aromatic carbocycles. The Labute approximate surface area is 77.8 Å². The minimum atomic E-state index is -0.544. The van der Waals surface area contributed by atoms with Gasteiger partial charge < -0.3 is 15.9 Å². The summed E-state index contributed by atoms with van der Waals surface area (Å²) in [6.45, 7) is 3.80. The van der Waals surface area contributed by atoms with Crippen LogP contribution in [0.1, 0.15) is 25.8 Å². The maximum Gasteiger partial charge on any atom is 0.124 e. The average Bonchev–Trinajstić information content (AvgIpc) is 2.03. The number of aromatic hydroxyl groups is 2. The van der Waals surface area contributed by atoms with Crippen molar-refractivity contribution in [2.24, 2.45) is 5.73 Å². The van der Waals surface area contributed by atoms with Gasteiger partial charge in [0.25, 0.3) is 0 Å². The molecule has 0 aliphatic heterocycles. The van der Waals surface area contributed by atoms with Crippen molar-refractivity contribution < 1.29 is 10.2 Å². The van der Waals surface area contributed by atoms with E-state index in [0.717, 1.165) is 6.42 Å². The highest BCUT2D eigenvalue weighted by Crippen LogP contribution is 2.31. The van der Waals surface area contributed by atoms with Gasteiger partial charge in [0.15, 0.2) is 0 Å². The van der Waals surface area contributed by atoms with Crippen LogP contribution in [0.3, 0.4) is 0 Å². The van der Waals surface area contributed by atoms with E-state index in [-0.39, 0.29) is 11.5 Å². The zero-order valence-electron chi connectivity index (χ0n) is 7.91. The highest BCUT2D eigenvalue weighted by Gasteiger charge is 2.22. The Balaban J connectivity index is 3.16. The molecule has 0 fully saturated rings. The van der Waals surface area contributed by atoms with Crippen molar-refractivity contribution in [2.45, 2.75) is 25.8 Å². The number of hydrogen-bond donors (Lipinski definition) is 3. The van der Waals surface area contributed by atoms with Crippen LogP contribution < -0.4 is 5.73 Å². The molecule has 0 unspecified atom stereocenters. The van der Waals surface area contributed by atoms with Crippen LogP contribution in [0.5, 0.6) is 11.5 Å². The number of hydrogen-bond acceptors (Lipinski definition) is 3. The van der Waals surface area contributed by atoms with E-state index in [4.69, 9.17) is 10.8 Å². The van der Waals surface area contributed by atoms with E-state index in [9.17, 15) is 5.11 Å². The molecule has 1 aromatic rings. The molecule has 0 saturated heterocycles. The van der Waals surface area contributed by atoms with Crippen molar-refractivity contribution in [1.82, 2.24) is 0 Å². The maximum atomic E-state index is 9.52. The van der Waals surface area contributed by atoms with Gasteiger partial charge in [-0.1, -0.05) is 6.92 Å². The molecule has 72 valence electrons. The first kappa shape index (κ1) is 9.86. The molecular weight excluding hydrogens is 166 g/mol. The van der Waals surface area contributed by atoms with Crippen molar-refractivity contribution in [3.63, 3.8) is 0 Å². The van der Waals surface area contributed by atoms with Gasteiger partial charge in [0.2, 0.25) is 0 Å². The van der Waals surface area contributed by atoms with E-state index >= 15 is 0 Å². The molecule has 0 spiro atoms. The normalized spacial score (nSPS) is 15.3. The first-order valence-electron chi connectivity index (χ1n) is 4.28. The predicted molar refractivity (Wildman–Crippen MR) is 51.6 cm³/mol. The van der Waals surface area contributed by atoms with Gasteiger partial charge in [0, 0.05) is 17.2 Å². The van der Waals surface area contributed by atoms with Crippen molar-refractivity contribution in [2.75, 3.05) is 0 Å². The Bertz CT molecular complexity index is 308. The molecule has 0 aliphatic rings. The molecule has 0 amide bonds. The van der Waals surface area contributed by atoms with E-state index < -0.39 is 5.54 Å². The fourth-order valence-corrected chi connectivity index (χ4v) is 1.19. The zero-order chi connectivity index (χ0) is 10.1. The van der Waals surface area contributed by atoms with E-state index in [1.165, 1.54) is 12.1 Å². The largest absolute Gasteiger partial charge is 0.508 e. The fraction of sp³-hybridized carbons (Fsp3) is 0.400. The number of phenolic OH excluding ortho intramolecular Hbond substituents is 2. The van der Waals surface area contributed by atoms with Crippen LogP contribution in [0.25, 0.3) is 0 Å². The molecule has 0 aromatic heterocycles. The van der Waals surface area contributed by atoms with Crippen molar-refractivity contribution in [1.29, 1.82) is 0 Å². The number of benzene rings is 1. The first-order valence-corrected chi connectivity index (χ1v) is 4.28. The lowest BCUT2D eigenvalue weighted by atomic mass is 9.90. The van der Waals surface area contributed by atoms with Crippen LogP contribution in [0, 0.1) is 0 Å². The average molecular weight is 181 g/mol. The molecule has 4 N–H and O–H groups in total. The molecule has 0 bridgehead atoms. The topological polar surface area (TPSA) is 66.5 Å². The zero-order valence-corrected chi connectivity index (χ0v) is 7.91. The summed E-state index contributed by atoms with van der Waals surface area (Å²) in [4.78, 5) is 0. The van der Waals surface area contributed by atoms with Gasteiger partial charge in [-0.2, -0.15) is 0 Å². The highest BCUT2D eigenvalue weighted by molar-refractivity contribution is 5.42. The smallest absolute Gasteiger partial charge is 0.124 e. The molecule has 1 rings (SSSR count). The molecule has 3 heteroatoms. The van der Waals surface area contributed by atoms with Crippen molar-refractivity contribution in [3.8, 4) is 11.5 Å². The molecular formula is C10H15NO2. The molecule has 1 atom stereocenters. The Morgan fingerprint density at radius 1 is 1.38 bits per heavy atom. The Hall–Kier alpha value is -1.22. The first-order chi connectivity index (χ1) is 5.97. The minimum absolute atomic E-state index is 0.0480. The lowest BCUT2D eigenvalue weighted by Crippen LogP contribution is -2.31. The van der Waals surface area contributed by atoms with E-state index in [1.807, 2.05) is 13.8 Å². The van der Waals surface area contributed by atoms with Gasteiger partial charge in [0.1, 0.15) is 11.5 Å². The van der Waals surface area contributed by atoms with Crippen molar-refractivity contribution in [3.05, 3.63) is 23.8 Å².